The molecule has 2 rings (SSSR count). The fourth-order valence-electron chi connectivity index (χ4n) is 2.55. The summed E-state index contributed by atoms with van der Waals surface area (Å²) in [6.45, 7) is 6.09. The number of hydrogen-bond donors (Lipinski definition) is 1. The average molecular weight is 328 g/mol. The lowest BCUT2D eigenvalue weighted by atomic mass is 10.2. The predicted molar refractivity (Wildman–Crippen MR) is 90.6 cm³/mol. The second-order valence-electron chi connectivity index (χ2n) is 5.62. The Labute approximate surface area is 139 Å². The van der Waals surface area contributed by atoms with Gasteiger partial charge in [-0.15, -0.1) is 12.4 Å². The molecule has 22 heavy (non-hydrogen) atoms. The van der Waals surface area contributed by atoms with E-state index in [1.165, 1.54) is 0 Å². The van der Waals surface area contributed by atoms with Crippen molar-refractivity contribution in [3.8, 4) is 5.75 Å². The monoisotopic (exact) mass is 327 g/mol. The van der Waals surface area contributed by atoms with Crippen molar-refractivity contribution in [2.45, 2.75) is 19.5 Å². The highest BCUT2D eigenvalue weighted by Gasteiger charge is 2.21. The van der Waals surface area contributed by atoms with Gasteiger partial charge >= 0.3 is 0 Å². The van der Waals surface area contributed by atoms with Crippen molar-refractivity contribution in [2.75, 3.05) is 40.3 Å². The zero-order chi connectivity index (χ0) is 15.2. The maximum absolute atomic E-state index is 12.3. The Morgan fingerprint density at radius 3 is 2.95 bits per heavy atom. The van der Waals surface area contributed by atoms with Crippen molar-refractivity contribution in [3.05, 3.63) is 29.8 Å². The van der Waals surface area contributed by atoms with Gasteiger partial charge in [0, 0.05) is 39.3 Å². The molecule has 124 valence electrons. The molecule has 0 aliphatic carbocycles. The van der Waals surface area contributed by atoms with Crippen LogP contribution in [0.4, 0.5) is 0 Å². The fourth-order valence-corrected chi connectivity index (χ4v) is 2.55. The quantitative estimate of drug-likeness (QED) is 0.887. The molecule has 0 aromatic heterocycles. The molecule has 1 aliphatic rings. The van der Waals surface area contributed by atoms with Gasteiger partial charge in [-0.25, -0.2) is 0 Å². The summed E-state index contributed by atoms with van der Waals surface area (Å²) in [6.07, 6.45) is 0. The molecule has 0 bridgehead atoms. The molecule has 0 saturated carbocycles. The van der Waals surface area contributed by atoms with Gasteiger partial charge in [-0.05, 0) is 24.6 Å². The smallest absolute Gasteiger partial charge is 0.236 e. The van der Waals surface area contributed by atoms with Crippen LogP contribution in [-0.4, -0.2) is 62.1 Å². The second-order valence-corrected chi connectivity index (χ2v) is 5.62. The third-order valence-electron chi connectivity index (χ3n) is 3.96. The number of likely N-dealkylation sites (N-methyl/N-ethyl adjacent to an activating group) is 1. The topological polar surface area (TPSA) is 44.8 Å². The van der Waals surface area contributed by atoms with Gasteiger partial charge in [0.2, 0.25) is 5.91 Å². The predicted octanol–water partition coefficient (Wildman–Crippen LogP) is 1.37. The van der Waals surface area contributed by atoms with Gasteiger partial charge in [0.05, 0.1) is 13.7 Å². The number of halogens is 1. The maximum Gasteiger partial charge on any atom is 0.236 e. The first-order valence-corrected chi connectivity index (χ1v) is 7.42. The average Bonchev–Trinajstić information content (AvgIpc) is 2.49. The summed E-state index contributed by atoms with van der Waals surface area (Å²) in [7, 11) is 3.51. The molecule has 1 heterocycles. The van der Waals surface area contributed by atoms with Crippen LogP contribution in [0.25, 0.3) is 0 Å². The number of amides is 1. The summed E-state index contributed by atoms with van der Waals surface area (Å²) in [6, 6.07) is 8.25. The first-order valence-electron chi connectivity index (χ1n) is 7.42. The van der Waals surface area contributed by atoms with E-state index >= 15 is 0 Å². The van der Waals surface area contributed by atoms with Crippen molar-refractivity contribution in [1.29, 1.82) is 0 Å². The Morgan fingerprint density at radius 2 is 2.27 bits per heavy atom. The standard InChI is InChI=1S/C16H25N3O2.ClH/c1-13-10-17-7-8-19(13)12-16(20)18(2)11-14-5-4-6-15(9-14)21-3;/h4-6,9,13,17H,7-8,10-12H2,1-3H3;1H/t13-;/m0./s1. The molecule has 6 heteroatoms. The third-order valence-corrected chi connectivity index (χ3v) is 3.96. The van der Waals surface area contributed by atoms with E-state index in [1.54, 1.807) is 12.0 Å². The summed E-state index contributed by atoms with van der Waals surface area (Å²) in [5.41, 5.74) is 1.08. The molecular formula is C16H26ClN3O2. The van der Waals surface area contributed by atoms with Gasteiger partial charge in [-0.3, -0.25) is 9.69 Å². The van der Waals surface area contributed by atoms with Crippen LogP contribution in [0.3, 0.4) is 0 Å². The van der Waals surface area contributed by atoms with Gasteiger partial charge in [-0.2, -0.15) is 0 Å². The van der Waals surface area contributed by atoms with Crippen LogP contribution in [0.15, 0.2) is 24.3 Å². The van der Waals surface area contributed by atoms with Gasteiger partial charge in [0.15, 0.2) is 0 Å². The highest BCUT2D eigenvalue weighted by Crippen LogP contribution is 2.14. The van der Waals surface area contributed by atoms with Crippen molar-refractivity contribution in [3.63, 3.8) is 0 Å². The number of benzene rings is 1. The minimum absolute atomic E-state index is 0. The minimum atomic E-state index is 0. The number of methoxy groups -OCH3 is 1. The van der Waals surface area contributed by atoms with Crippen LogP contribution >= 0.6 is 12.4 Å². The lowest BCUT2D eigenvalue weighted by Gasteiger charge is -2.34. The van der Waals surface area contributed by atoms with Gasteiger partial charge in [-0.1, -0.05) is 12.1 Å². The summed E-state index contributed by atoms with van der Waals surface area (Å²) in [4.78, 5) is 16.4. The number of carbonyl (C=O) groups is 1. The van der Waals surface area contributed by atoms with E-state index in [0.29, 0.717) is 19.1 Å². The lowest BCUT2D eigenvalue weighted by molar-refractivity contribution is -0.132. The third kappa shape index (κ3) is 5.16. The van der Waals surface area contributed by atoms with Crippen LogP contribution < -0.4 is 10.1 Å². The molecule has 0 radical (unpaired) electrons. The van der Waals surface area contributed by atoms with Gasteiger partial charge < -0.3 is 15.0 Å². The summed E-state index contributed by atoms with van der Waals surface area (Å²) >= 11 is 0. The van der Waals surface area contributed by atoms with Crippen molar-refractivity contribution >= 4 is 18.3 Å². The van der Waals surface area contributed by atoms with E-state index in [9.17, 15) is 4.79 Å². The summed E-state index contributed by atoms with van der Waals surface area (Å²) in [5.74, 6) is 0.982. The van der Waals surface area contributed by atoms with Crippen LogP contribution in [0.5, 0.6) is 5.75 Å². The number of piperazine rings is 1. The molecule has 1 amide bonds. The maximum atomic E-state index is 12.3. The summed E-state index contributed by atoms with van der Waals surface area (Å²) < 4.78 is 5.21. The highest BCUT2D eigenvalue weighted by atomic mass is 35.5. The van der Waals surface area contributed by atoms with E-state index in [0.717, 1.165) is 30.9 Å². The molecule has 1 saturated heterocycles. The molecule has 1 aromatic rings. The minimum Gasteiger partial charge on any atom is -0.497 e. The van der Waals surface area contributed by atoms with Gasteiger partial charge in [0.25, 0.3) is 0 Å². The molecule has 0 unspecified atom stereocenters. The number of rotatable bonds is 5. The normalized spacial score (nSPS) is 18.4. The molecule has 1 atom stereocenters. The number of hydrogen-bond acceptors (Lipinski definition) is 4. The van der Waals surface area contributed by atoms with Crippen LogP contribution in [0.1, 0.15) is 12.5 Å². The molecular weight excluding hydrogens is 302 g/mol. The van der Waals surface area contributed by atoms with Crippen LogP contribution in [0.2, 0.25) is 0 Å². The highest BCUT2D eigenvalue weighted by molar-refractivity contribution is 5.85. The first kappa shape index (κ1) is 18.7. The molecule has 0 spiro atoms. The van der Waals surface area contributed by atoms with Gasteiger partial charge in [0.1, 0.15) is 5.75 Å². The van der Waals surface area contributed by atoms with Crippen molar-refractivity contribution in [2.24, 2.45) is 0 Å². The second kappa shape index (κ2) is 8.98. The molecule has 1 fully saturated rings. The SMILES string of the molecule is COc1cccc(CN(C)C(=O)CN2CCNC[C@@H]2C)c1.Cl. The Balaban J connectivity index is 0.00000242. The largest absolute Gasteiger partial charge is 0.497 e. The number of nitrogens with zero attached hydrogens (tertiary/aromatic N) is 2. The molecule has 1 aliphatic heterocycles. The van der Waals surface area contributed by atoms with Crippen LogP contribution in [-0.2, 0) is 11.3 Å². The first-order chi connectivity index (χ1) is 10.1. The zero-order valence-corrected chi connectivity index (χ0v) is 14.4. The zero-order valence-electron chi connectivity index (χ0n) is 13.5. The summed E-state index contributed by atoms with van der Waals surface area (Å²) in [5, 5.41) is 3.34. The molecule has 5 nitrogen and oxygen atoms in total. The number of ether oxygens (including phenoxy) is 1. The molecule has 1 N–H and O–H groups in total. The van der Waals surface area contributed by atoms with Crippen LogP contribution in [0, 0.1) is 0 Å². The lowest BCUT2D eigenvalue weighted by Crippen LogP contribution is -2.52. The van der Waals surface area contributed by atoms with Crippen molar-refractivity contribution in [1.82, 2.24) is 15.1 Å². The molecule has 1 aromatic carbocycles. The van der Waals surface area contributed by atoms with Crippen molar-refractivity contribution < 1.29 is 9.53 Å². The number of nitrogens with one attached hydrogen (secondary N) is 1. The Kier molecular flexibility index (Phi) is 7.65. The Morgan fingerprint density at radius 1 is 1.50 bits per heavy atom. The van der Waals surface area contributed by atoms with E-state index in [2.05, 4.69) is 17.1 Å². The number of carbonyl (C=O) groups excluding carboxylic acids is 1. The fraction of sp³-hybridized carbons (Fsp3) is 0.562. The van der Waals surface area contributed by atoms with E-state index < -0.39 is 0 Å². The van der Waals surface area contributed by atoms with E-state index in [4.69, 9.17) is 4.74 Å². The van der Waals surface area contributed by atoms with E-state index in [1.807, 2.05) is 31.3 Å². The Hall–Kier alpha value is -1.30. The Bertz CT molecular complexity index is 484. The van der Waals surface area contributed by atoms with E-state index in [-0.39, 0.29) is 18.3 Å².